The van der Waals surface area contributed by atoms with Gasteiger partial charge in [0, 0.05) is 13.1 Å². The quantitative estimate of drug-likeness (QED) is 0.567. The molecule has 1 fully saturated rings. The molecule has 17 heavy (non-hydrogen) atoms. The van der Waals surface area contributed by atoms with E-state index in [0.717, 1.165) is 0 Å². The van der Waals surface area contributed by atoms with E-state index in [-0.39, 0.29) is 43.3 Å². The number of amides is 1. The molecule has 1 heterocycles. The summed E-state index contributed by atoms with van der Waals surface area (Å²) in [7, 11) is 0. The molecule has 0 bridgehead atoms. The number of rotatable bonds is 5. The number of ether oxygens (including phenoxy) is 1. The second-order valence-corrected chi connectivity index (χ2v) is 3.70. The number of nitrogens with one attached hydrogen (secondary N) is 2. The molecule has 0 saturated carbocycles. The molecule has 0 spiro atoms. The maximum atomic E-state index is 11.5. The van der Waals surface area contributed by atoms with Crippen molar-refractivity contribution in [3.05, 3.63) is 0 Å². The summed E-state index contributed by atoms with van der Waals surface area (Å²) in [5.41, 5.74) is 0. The van der Waals surface area contributed by atoms with Gasteiger partial charge in [0.15, 0.2) is 0 Å². The molecule has 7 heteroatoms. The highest BCUT2D eigenvalue weighted by molar-refractivity contribution is 5.85. The van der Waals surface area contributed by atoms with Gasteiger partial charge in [0.1, 0.15) is 0 Å². The van der Waals surface area contributed by atoms with Crippen LogP contribution in [0.3, 0.4) is 0 Å². The molecule has 1 saturated heterocycles. The topological polar surface area (TPSA) is 87.7 Å². The first kappa shape index (κ1) is 16.1. The third kappa shape index (κ3) is 5.86. The molecule has 0 aromatic carbocycles. The smallest absolute Gasteiger partial charge is 0.307 e. The number of aliphatic hydroxyl groups is 1. The molecule has 2 unspecified atom stereocenters. The molecule has 0 aliphatic carbocycles. The Labute approximate surface area is 107 Å². The van der Waals surface area contributed by atoms with Crippen molar-refractivity contribution in [3.63, 3.8) is 0 Å². The van der Waals surface area contributed by atoms with Gasteiger partial charge in [-0.3, -0.25) is 9.59 Å². The van der Waals surface area contributed by atoms with Crippen molar-refractivity contribution in [1.82, 2.24) is 10.6 Å². The van der Waals surface area contributed by atoms with Crippen LogP contribution in [-0.4, -0.2) is 48.8 Å². The highest BCUT2D eigenvalue weighted by atomic mass is 35.5. The first-order valence-electron chi connectivity index (χ1n) is 5.48. The molecular weight excluding hydrogens is 248 g/mol. The van der Waals surface area contributed by atoms with E-state index in [4.69, 9.17) is 4.74 Å². The second kappa shape index (κ2) is 8.27. The minimum Gasteiger partial charge on any atom is -0.466 e. The van der Waals surface area contributed by atoms with Crippen molar-refractivity contribution in [2.45, 2.75) is 31.9 Å². The van der Waals surface area contributed by atoms with Crippen LogP contribution >= 0.6 is 12.4 Å². The number of carbonyl (C=O) groups excluding carboxylic acids is 2. The van der Waals surface area contributed by atoms with Crippen LogP contribution in [0.15, 0.2) is 0 Å². The van der Waals surface area contributed by atoms with Crippen LogP contribution in [0.2, 0.25) is 0 Å². The van der Waals surface area contributed by atoms with Crippen LogP contribution in [0, 0.1) is 0 Å². The Hall–Kier alpha value is -0.850. The van der Waals surface area contributed by atoms with Crippen molar-refractivity contribution >= 4 is 24.3 Å². The summed E-state index contributed by atoms with van der Waals surface area (Å²) < 4.78 is 4.72. The zero-order chi connectivity index (χ0) is 12.0. The summed E-state index contributed by atoms with van der Waals surface area (Å²) >= 11 is 0. The number of hydrogen-bond acceptors (Lipinski definition) is 5. The Morgan fingerprint density at radius 1 is 1.53 bits per heavy atom. The zero-order valence-electron chi connectivity index (χ0n) is 9.77. The molecule has 6 nitrogen and oxygen atoms in total. The Kier molecular flexibility index (Phi) is 7.86. The Morgan fingerprint density at radius 3 is 2.76 bits per heavy atom. The van der Waals surface area contributed by atoms with Gasteiger partial charge in [-0.25, -0.2) is 0 Å². The van der Waals surface area contributed by atoms with Crippen LogP contribution in [-0.2, 0) is 14.3 Å². The fourth-order valence-electron chi connectivity index (χ4n) is 1.56. The highest BCUT2D eigenvalue weighted by Crippen LogP contribution is 2.05. The predicted octanol–water partition coefficient (Wildman–Crippen LogP) is -0.800. The summed E-state index contributed by atoms with van der Waals surface area (Å²) in [5, 5.41) is 14.7. The monoisotopic (exact) mass is 266 g/mol. The van der Waals surface area contributed by atoms with Gasteiger partial charge >= 0.3 is 5.97 Å². The van der Waals surface area contributed by atoms with Gasteiger partial charge in [-0.05, 0) is 13.3 Å². The van der Waals surface area contributed by atoms with Gasteiger partial charge in [-0.2, -0.15) is 0 Å². The van der Waals surface area contributed by atoms with Gasteiger partial charge in [0.25, 0.3) is 0 Å². The average Bonchev–Trinajstić information content (AvgIpc) is 2.65. The van der Waals surface area contributed by atoms with Gasteiger partial charge < -0.3 is 20.5 Å². The van der Waals surface area contributed by atoms with E-state index >= 15 is 0 Å². The molecule has 1 rings (SSSR count). The zero-order valence-corrected chi connectivity index (χ0v) is 10.6. The van der Waals surface area contributed by atoms with Crippen LogP contribution in [0.25, 0.3) is 0 Å². The number of esters is 1. The van der Waals surface area contributed by atoms with Crippen molar-refractivity contribution in [2.24, 2.45) is 0 Å². The predicted molar refractivity (Wildman–Crippen MR) is 63.9 cm³/mol. The molecular formula is C10H19ClN2O4. The minimum atomic E-state index is -0.458. The molecule has 1 amide bonds. The molecule has 0 aromatic heterocycles. The van der Waals surface area contributed by atoms with E-state index in [0.29, 0.717) is 19.6 Å². The SMILES string of the molecule is CCOC(=O)CCNC(=O)C1CC(O)CN1.Cl. The van der Waals surface area contributed by atoms with Crippen molar-refractivity contribution < 1.29 is 19.4 Å². The number of hydrogen-bond donors (Lipinski definition) is 3. The lowest BCUT2D eigenvalue weighted by molar-refractivity contribution is -0.143. The highest BCUT2D eigenvalue weighted by Gasteiger charge is 2.27. The van der Waals surface area contributed by atoms with E-state index in [9.17, 15) is 14.7 Å². The normalized spacial score (nSPS) is 22.7. The first-order chi connectivity index (χ1) is 7.63. The van der Waals surface area contributed by atoms with Crippen LogP contribution < -0.4 is 10.6 Å². The summed E-state index contributed by atoms with van der Waals surface area (Å²) in [6, 6.07) is -0.350. The maximum Gasteiger partial charge on any atom is 0.307 e. The standard InChI is InChI=1S/C10H18N2O4.ClH/c1-2-16-9(14)3-4-11-10(15)8-5-7(13)6-12-8;/h7-8,12-13H,2-6H2,1H3,(H,11,15);1H. The number of β-amino-alcohol motifs (C(OH)–C–C–N with tert-alkyl or cyclic N) is 1. The molecule has 100 valence electrons. The number of carbonyl (C=O) groups is 2. The van der Waals surface area contributed by atoms with Gasteiger partial charge in [-0.15, -0.1) is 12.4 Å². The number of halogens is 1. The largest absolute Gasteiger partial charge is 0.466 e. The second-order valence-electron chi connectivity index (χ2n) is 3.70. The van der Waals surface area contributed by atoms with Crippen molar-refractivity contribution in [3.8, 4) is 0 Å². The summed E-state index contributed by atoms with van der Waals surface area (Å²) in [5.74, 6) is -0.497. The van der Waals surface area contributed by atoms with E-state index in [1.165, 1.54) is 0 Å². The van der Waals surface area contributed by atoms with Crippen molar-refractivity contribution in [2.75, 3.05) is 19.7 Å². The number of aliphatic hydroxyl groups excluding tert-OH is 1. The Bertz CT molecular complexity index is 263. The Balaban J connectivity index is 0.00000256. The van der Waals surface area contributed by atoms with Gasteiger partial charge in [-0.1, -0.05) is 0 Å². The molecule has 1 aliphatic rings. The lowest BCUT2D eigenvalue weighted by Gasteiger charge is -2.10. The summed E-state index contributed by atoms with van der Waals surface area (Å²) in [6.45, 7) is 2.80. The van der Waals surface area contributed by atoms with E-state index in [2.05, 4.69) is 10.6 Å². The van der Waals surface area contributed by atoms with E-state index in [1.54, 1.807) is 6.92 Å². The molecule has 3 N–H and O–H groups in total. The molecule has 2 atom stereocenters. The van der Waals surface area contributed by atoms with Gasteiger partial charge in [0.05, 0.1) is 25.2 Å². The van der Waals surface area contributed by atoms with Gasteiger partial charge in [0.2, 0.25) is 5.91 Å². The third-order valence-electron chi connectivity index (χ3n) is 2.36. The minimum absolute atomic E-state index is 0. The fraction of sp³-hybridized carbons (Fsp3) is 0.800. The van der Waals surface area contributed by atoms with Crippen LogP contribution in [0.1, 0.15) is 19.8 Å². The third-order valence-corrected chi connectivity index (χ3v) is 2.36. The first-order valence-corrected chi connectivity index (χ1v) is 5.48. The summed E-state index contributed by atoms with van der Waals surface area (Å²) in [6.07, 6.45) is 0.140. The average molecular weight is 267 g/mol. The molecule has 1 aliphatic heterocycles. The van der Waals surface area contributed by atoms with Crippen LogP contribution in [0.5, 0.6) is 0 Å². The molecule has 0 aromatic rings. The Morgan fingerprint density at radius 2 is 2.24 bits per heavy atom. The van der Waals surface area contributed by atoms with E-state index < -0.39 is 6.10 Å². The van der Waals surface area contributed by atoms with E-state index in [1.807, 2.05) is 0 Å². The maximum absolute atomic E-state index is 11.5. The van der Waals surface area contributed by atoms with Crippen LogP contribution in [0.4, 0.5) is 0 Å². The van der Waals surface area contributed by atoms with Crippen molar-refractivity contribution in [1.29, 1.82) is 0 Å². The lowest BCUT2D eigenvalue weighted by atomic mass is 10.2. The molecule has 0 radical (unpaired) electrons. The fourth-order valence-corrected chi connectivity index (χ4v) is 1.56. The lowest BCUT2D eigenvalue weighted by Crippen LogP contribution is -2.41. The summed E-state index contributed by atoms with van der Waals surface area (Å²) in [4.78, 5) is 22.5.